The molecule has 332 valence electrons. The van der Waals surface area contributed by atoms with E-state index in [4.69, 9.17) is 9.47 Å². The summed E-state index contributed by atoms with van der Waals surface area (Å²) in [6, 6.07) is 23.2. The molecule has 0 unspecified atom stereocenters. The Bertz CT molecular complexity index is 1880. The Hall–Kier alpha value is -2.84. The van der Waals surface area contributed by atoms with E-state index in [-0.39, 0.29) is 43.3 Å². The van der Waals surface area contributed by atoms with Crippen LogP contribution in [0.3, 0.4) is 0 Å². The van der Waals surface area contributed by atoms with E-state index in [1.54, 1.807) is 24.3 Å². The predicted octanol–water partition coefficient (Wildman–Crippen LogP) is 12.4. The molecular formula is C48H66CaO10S2. The van der Waals surface area contributed by atoms with Gasteiger partial charge in [-0.05, 0) is 79.8 Å². The summed E-state index contributed by atoms with van der Waals surface area (Å²) in [5.41, 5.74) is 0.670. The molecule has 0 aliphatic heterocycles. The van der Waals surface area contributed by atoms with Crippen molar-refractivity contribution in [2.45, 2.75) is 165 Å². The first kappa shape index (κ1) is 54.3. The van der Waals surface area contributed by atoms with Gasteiger partial charge in [-0.2, -0.15) is 8.42 Å². The van der Waals surface area contributed by atoms with E-state index in [1.807, 2.05) is 36.4 Å². The quantitative estimate of drug-likeness (QED) is 0.0317. The second-order valence-electron chi connectivity index (χ2n) is 15.4. The molecular weight excluding hydrogens is 841 g/mol. The van der Waals surface area contributed by atoms with Gasteiger partial charge >= 0.3 is 37.7 Å². The normalized spacial score (nSPS) is 11.3. The summed E-state index contributed by atoms with van der Waals surface area (Å²) in [5, 5.41) is 23.2. The summed E-state index contributed by atoms with van der Waals surface area (Å²) in [5.74, 6) is 0.701. The Balaban J connectivity index is 0.000000413. The summed E-state index contributed by atoms with van der Waals surface area (Å²) >= 11 is 0. The zero-order chi connectivity index (χ0) is 43.6. The van der Waals surface area contributed by atoms with E-state index in [0.29, 0.717) is 41.4 Å². The average Bonchev–Trinajstić information content (AvgIpc) is 3.21. The number of benzene rings is 4. The smallest absolute Gasteiger partial charge is 0.871 e. The number of phenols is 1. The first-order chi connectivity index (χ1) is 28.9. The molecule has 2 N–H and O–H groups in total. The molecule has 0 atom stereocenters. The van der Waals surface area contributed by atoms with E-state index in [9.17, 15) is 36.2 Å². The Morgan fingerprint density at radius 3 is 1.21 bits per heavy atom. The first-order valence-corrected chi connectivity index (χ1v) is 24.8. The Morgan fingerprint density at radius 1 is 0.492 bits per heavy atom. The monoisotopic (exact) mass is 906 g/mol. The van der Waals surface area contributed by atoms with Gasteiger partial charge in [-0.15, -0.1) is 0 Å². The van der Waals surface area contributed by atoms with Crippen molar-refractivity contribution in [2.24, 2.45) is 0 Å². The van der Waals surface area contributed by atoms with Gasteiger partial charge in [-0.25, -0.2) is 8.42 Å². The van der Waals surface area contributed by atoms with Crippen molar-refractivity contribution in [3.8, 4) is 34.5 Å². The predicted molar refractivity (Wildman–Crippen MR) is 242 cm³/mol. The molecule has 0 aromatic heterocycles. The third-order valence-electron chi connectivity index (χ3n) is 10.4. The average molecular weight is 907 g/mol. The van der Waals surface area contributed by atoms with Crippen LogP contribution in [0.15, 0.2) is 94.7 Å². The van der Waals surface area contributed by atoms with Gasteiger partial charge < -0.3 is 24.2 Å². The van der Waals surface area contributed by atoms with E-state index < -0.39 is 41.5 Å². The summed E-state index contributed by atoms with van der Waals surface area (Å²) in [4.78, 5) is -1.19. The molecule has 0 spiro atoms. The van der Waals surface area contributed by atoms with Gasteiger partial charge in [0.05, 0.1) is 0 Å². The van der Waals surface area contributed by atoms with Crippen LogP contribution in [0.5, 0.6) is 34.5 Å². The van der Waals surface area contributed by atoms with Crippen LogP contribution in [0.4, 0.5) is 0 Å². The van der Waals surface area contributed by atoms with Gasteiger partial charge in [0.25, 0.3) is 10.1 Å². The van der Waals surface area contributed by atoms with Crippen molar-refractivity contribution < 1.29 is 45.6 Å². The number of phenolic OH excluding ortho intramolecular Hbond substituents is 1. The molecule has 4 aromatic rings. The summed E-state index contributed by atoms with van der Waals surface area (Å²) in [6.45, 7) is 4.44. The molecule has 0 saturated heterocycles. The molecule has 0 bridgehead atoms. The van der Waals surface area contributed by atoms with Crippen molar-refractivity contribution in [3.63, 3.8) is 0 Å². The number of rotatable bonds is 28. The van der Waals surface area contributed by atoms with E-state index >= 15 is 0 Å². The van der Waals surface area contributed by atoms with Crippen molar-refractivity contribution in [3.05, 3.63) is 96.1 Å². The number of aromatic hydroxyl groups is 1. The van der Waals surface area contributed by atoms with Gasteiger partial charge in [0.15, 0.2) is 0 Å². The molecule has 0 radical (unpaired) electrons. The zero-order valence-electron chi connectivity index (χ0n) is 36.3. The molecule has 0 saturated carbocycles. The van der Waals surface area contributed by atoms with Crippen LogP contribution in [0.25, 0.3) is 0 Å². The minimum atomic E-state index is -4.82. The van der Waals surface area contributed by atoms with Gasteiger partial charge in [0, 0.05) is 10.5 Å². The Labute approximate surface area is 396 Å². The van der Waals surface area contributed by atoms with E-state index in [2.05, 4.69) is 13.8 Å². The summed E-state index contributed by atoms with van der Waals surface area (Å²) < 4.78 is 78.5. The van der Waals surface area contributed by atoms with Crippen LogP contribution < -0.4 is 14.6 Å². The fourth-order valence-corrected chi connectivity index (χ4v) is 8.26. The van der Waals surface area contributed by atoms with E-state index in [0.717, 1.165) is 44.6 Å². The summed E-state index contributed by atoms with van der Waals surface area (Å²) in [7, 11) is -9.32. The molecule has 4 rings (SSSR count). The van der Waals surface area contributed by atoms with Crippen LogP contribution >= 0.6 is 0 Å². The summed E-state index contributed by atoms with van der Waals surface area (Å²) in [6.07, 6.45) is 24.3. The van der Waals surface area contributed by atoms with Crippen LogP contribution in [0, 0.1) is 0 Å². The van der Waals surface area contributed by atoms with Gasteiger partial charge in [0.2, 0.25) is 0 Å². The Kier molecular flexibility index (Phi) is 27.0. The molecule has 0 amide bonds. The van der Waals surface area contributed by atoms with Gasteiger partial charge in [0.1, 0.15) is 43.8 Å². The number of unbranched alkanes of at least 4 members (excludes halogenated alkanes) is 18. The minimum absolute atomic E-state index is 0. The molecule has 61 heavy (non-hydrogen) atoms. The van der Waals surface area contributed by atoms with Crippen molar-refractivity contribution in [1.29, 1.82) is 0 Å². The molecule has 13 heteroatoms. The molecule has 0 fully saturated rings. The first-order valence-electron chi connectivity index (χ1n) is 21.9. The fraction of sp³-hybridized carbons (Fsp3) is 0.500. The fourth-order valence-electron chi connectivity index (χ4n) is 7.07. The SMILES string of the molecule is CCCCCCCCCCCCc1c(Oc2ccccc2)ccc(S(=O)(=O)O)c1O.CCCCCCCCCCCCc1c(Oc2ccccc2)ccc(S(=O)(=O)[O-])c1[O-].[Ca+2]. The van der Waals surface area contributed by atoms with Gasteiger partial charge in [-0.3, -0.25) is 4.55 Å². The molecule has 0 heterocycles. The molecule has 0 aliphatic rings. The van der Waals surface area contributed by atoms with Crippen LogP contribution in [0.1, 0.15) is 153 Å². The maximum atomic E-state index is 12.7. The minimum Gasteiger partial charge on any atom is -0.871 e. The number of hydrogen-bond acceptors (Lipinski definition) is 9. The van der Waals surface area contributed by atoms with Crippen molar-refractivity contribution in [2.75, 3.05) is 0 Å². The topological polar surface area (TPSA) is 173 Å². The molecule has 0 aliphatic carbocycles. The van der Waals surface area contributed by atoms with E-state index in [1.165, 1.54) is 108 Å². The number of para-hydroxylation sites is 2. The Morgan fingerprint density at radius 2 is 0.836 bits per heavy atom. The van der Waals surface area contributed by atoms with Crippen LogP contribution in [-0.2, 0) is 33.1 Å². The van der Waals surface area contributed by atoms with Gasteiger partial charge in [-0.1, -0.05) is 172 Å². The largest absolute Gasteiger partial charge is 2.00 e. The van der Waals surface area contributed by atoms with Crippen molar-refractivity contribution in [1.82, 2.24) is 0 Å². The maximum Gasteiger partial charge on any atom is 2.00 e. The maximum absolute atomic E-state index is 12.7. The standard InChI is InChI=1S/2C24H34O5S.Ca/c2*1-2-3-4-5-6-7-8-9-10-14-17-21-22(29-20-15-12-11-13-16-20)18-19-23(24(21)25)30(26,27)28;/h2*11-13,15-16,18-19,25H,2-10,14,17H2,1H3,(H,26,27,28);/q;;+2/p-2. The second-order valence-corrected chi connectivity index (χ2v) is 18.1. The molecule has 4 aromatic carbocycles. The van der Waals surface area contributed by atoms with Crippen LogP contribution in [0.2, 0.25) is 0 Å². The third kappa shape index (κ3) is 20.9. The number of ether oxygens (including phenoxy) is 2. The third-order valence-corrected chi connectivity index (χ3v) is 12.2. The second kappa shape index (κ2) is 30.3. The van der Waals surface area contributed by atoms with Crippen molar-refractivity contribution >= 4 is 58.0 Å². The molecule has 10 nitrogen and oxygen atoms in total. The zero-order valence-corrected chi connectivity index (χ0v) is 40.2. The van der Waals surface area contributed by atoms with Crippen LogP contribution in [-0.4, -0.2) is 68.8 Å². The number of hydrogen-bond donors (Lipinski definition) is 2.